The SMILES string of the molecule is O=C(Nc1c(C(=O)Nc2ccc(F)cc2)oc2ccccc12)c1ccc(-c2ccccc2)cc1. The molecule has 6 heteroatoms. The molecule has 0 saturated carbocycles. The Morgan fingerprint density at radius 3 is 2.03 bits per heavy atom. The van der Waals surface area contributed by atoms with E-state index in [0.29, 0.717) is 22.2 Å². The second-order valence-electron chi connectivity index (χ2n) is 7.66. The smallest absolute Gasteiger partial charge is 0.293 e. The van der Waals surface area contributed by atoms with Crippen LogP contribution in [0.2, 0.25) is 0 Å². The van der Waals surface area contributed by atoms with Gasteiger partial charge in [0.2, 0.25) is 5.76 Å². The Bertz CT molecular complexity index is 1470. The molecular weight excluding hydrogens is 431 g/mol. The first kappa shape index (κ1) is 21.2. The molecular formula is C28H19FN2O3. The van der Waals surface area contributed by atoms with Gasteiger partial charge in [0.1, 0.15) is 17.1 Å². The number of carbonyl (C=O) groups is 2. The van der Waals surface area contributed by atoms with Gasteiger partial charge in [-0.15, -0.1) is 0 Å². The van der Waals surface area contributed by atoms with Crippen LogP contribution in [0.3, 0.4) is 0 Å². The molecule has 34 heavy (non-hydrogen) atoms. The van der Waals surface area contributed by atoms with Crippen LogP contribution < -0.4 is 10.6 Å². The number of nitrogens with one attached hydrogen (secondary N) is 2. The third kappa shape index (κ3) is 4.29. The maximum atomic E-state index is 13.2. The summed E-state index contributed by atoms with van der Waals surface area (Å²) in [5.41, 5.74) is 3.62. The van der Waals surface area contributed by atoms with E-state index in [1.165, 1.54) is 24.3 Å². The van der Waals surface area contributed by atoms with Crippen LogP contribution in [0.5, 0.6) is 0 Å². The highest BCUT2D eigenvalue weighted by Gasteiger charge is 2.23. The van der Waals surface area contributed by atoms with Crippen molar-refractivity contribution in [2.45, 2.75) is 0 Å². The number of carbonyl (C=O) groups excluding carboxylic acids is 2. The van der Waals surface area contributed by atoms with Crippen molar-refractivity contribution in [1.82, 2.24) is 0 Å². The molecule has 5 rings (SSSR count). The van der Waals surface area contributed by atoms with Crippen molar-refractivity contribution in [3.8, 4) is 11.1 Å². The van der Waals surface area contributed by atoms with Gasteiger partial charge in [-0.1, -0.05) is 54.6 Å². The largest absolute Gasteiger partial charge is 0.449 e. The Kier molecular flexibility index (Phi) is 5.62. The summed E-state index contributed by atoms with van der Waals surface area (Å²) in [5.74, 6) is -1.38. The van der Waals surface area contributed by atoms with E-state index in [0.717, 1.165) is 11.1 Å². The maximum absolute atomic E-state index is 13.2. The number of benzene rings is 4. The van der Waals surface area contributed by atoms with E-state index in [2.05, 4.69) is 10.6 Å². The van der Waals surface area contributed by atoms with Crippen molar-refractivity contribution in [3.63, 3.8) is 0 Å². The average Bonchev–Trinajstić information content (AvgIpc) is 3.24. The Morgan fingerprint density at radius 1 is 0.647 bits per heavy atom. The van der Waals surface area contributed by atoms with Crippen LogP contribution in [0, 0.1) is 5.82 Å². The lowest BCUT2D eigenvalue weighted by atomic mass is 10.0. The number of anilines is 2. The van der Waals surface area contributed by atoms with Gasteiger partial charge in [-0.25, -0.2) is 4.39 Å². The molecule has 166 valence electrons. The molecule has 1 aromatic heterocycles. The standard InChI is InChI=1S/C28H19FN2O3/c29-21-14-16-22(17-15-21)30-28(33)26-25(23-8-4-5-9-24(23)34-26)31-27(32)20-12-10-19(11-13-20)18-6-2-1-3-7-18/h1-17H,(H,30,33)(H,31,32). The van der Waals surface area contributed by atoms with Crippen molar-refractivity contribution < 1.29 is 18.4 Å². The van der Waals surface area contributed by atoms with Gasteiger partial charge in [0.05, 0.1) is 0 Å². The monoisotopic (exact) mass is 450 g/mol. The Balaban J connectivity index is 1.43. The molecule has 5 nitrogen and oxygen atoms in total. The van der Waals surface area contributed by atoms with Crippen molar-refractivity contribution in [1.29, 1.82) is 0 Å². The summed E-state index contributed by atoms with van der Waals surface area (Å²) in [6.45, 7) is 0. The molecule has 4 aromatic carbocycles. The highest BCUT2D eigenvalue weighted by molar-refractivity contribution is 6.16. The van der Waals surface area contributed by atoms with Crippen LogP contribution in [-0.4, -0.2) is 11.8 Å². The molecule has 0 aliphatic heterocycles. The summed E-state index contributed by atoms with van der Waals surface area (Å²) in [6.07, 6.45) is 0. The molecule has 0 aliphatic carbocycles. The number of hydrogen-bond donors (Lipinski definition) is 2. The average molecular weight is 450 g/mol. The minimum atomic E-state index is -0.558. The first-order valence-corrected chi connectivity index (χ1v) is 10.6. The van der Waals surface area contributed by atoms with Gasteiger partial charge in [-0.2, -0.15) is 0 Å². The Labute approximate surface area is 194 Å². The molecule has 0 bridgehead atoms. The van der Waals surface area contributed by atoms with Gasteiger partial charge in [-0.3, -0.25) is 9.59 Å². The zero-order chi connectivity index (χ0) is 23.5. The number of hydrogen-bond acceptors (Lipinski definition) is 3. The molecule has 1 heterocycles. The van der Waals surface area contributed by atoms with Crippen LogP contribution >= 0.6 is 0 Å². The molecule has 0 radical (unpaired) electrons. The van der Waals surface area contributed by atoms with Crippen LogP contribution in [0.15, 0.2) is 108 Å². The lowest BCUT2D eigenvalue weighted by Crippen LogP contribution is -2.17. The van der Waals surface area contributed by atoms with Gasteiger partial charge >= 0.3 is 0 Å². The number of fused-ring (bicyclic) bond motifs is 1. The summed E-state index contributed by atoms with van der Waals surface area (Å²) in [4.78, 5) is 26.0. The summed E-state index contributed by atoms with van der Waals surface area (Å²) in [5, 5.41) is 6.10. The number of amides is 2. The molecule has 0 unspecified atom stereocenters. The van der Waals surface area contributed by atoms with E-state index in [9.17, 15) is 14.0 Å². The molecule has 0 fully saturated rings. The fraction of sp³-hybridized carbons (Fsp3) is 0. The predicted octanol–water partition coefficient (Wildman–Crippen LogP) is 6.74. The van der Waals surface area contributed by atoms with E-state index in [-0.39, 0.29) is 17.4 Å². The van der Waals surface area contributed by atoms with Crippen molar-refractivity contribution in [2.24, 2.45) is 0 Å². The zero-order valence-electron chi connectivity index (χ0n) is 17.9. The van der Waals surface area contributed by atoms with Crippen LogP contribution in [0.4, 0.5) is 15.8 Å². The number of rotatable bonds is 5. The molecule has 0 atom stereocenters. The fourth-order valence-corrected chi connectivity index (χ4v) is 3.68. The molecule has 0 aliphatic rings. The third-order valence-corrected chi connectivity index (χ3v) is 5.40. The number of furan rings is 1. The minimum Gasteiger partial charge on any atom is -0.449 e. The van der Waals surface area contributed by atoms with Crippen LogP contribution in [0.1, 0.15) is 20.9 Å². The van der Waals surface area contributed by atoms with Gasteiger partial charge < -0.3 is 15.1 Å². The lowest BCUT2D eigenvalue weighted by Gasteiger charge is -2.08. The highest BCUT2D eigenvalue weighted by Crippen LogP contribution is 2.32. The summed E-state index contributed by atoms with van der Waals surface area (Å²) in [6, 6.07) is 29.5. The molecule has 0 saturated heterocycles. The first-order valence-electron chi connectivity index (χ1n) is 10.6. The maximum Gasteiger partial charge on any atom is 0.293 e. The molecule has 0 spiro atoms. The molecule has 5 aromatic rings. The Hall–Kier alpha value is -4.71. The van der Waals surface area contributed by atoms with Gasteiger partial charge in [0.25, 0.3) is 11.8 Å². The van der Waals surface area contributed by atoms with E-state index in [1.54, 1.807) is 36.4 Å². The Morgan fingerprint density at radius 2 is 1.29 bits per heavy atom. The van der Waals surface area contributed by atoms with Crippen LogP contribution in [0.25, 0.3) is 22.1 Å². The van der Waals surface area contributed by atoms with Crippen molar-refractivity contribution >= 4 is 34.2 Å². The molecule has 2 N–H and O–H groups in total. The van der Waals surface area contributed by atoms with Crippen molar-refractivity contribution in [3.05, 3.63) is 120 Å². The summed E-state index contributed by atoms with van der Waals surface area (Å²) in [7, 11) is 0. The van der Waals surface area contributed by atoms with E-state index >= 15 is 0 Å². The second kappa shape index (κ2) is 9.03. The summed E-state index contributed by atoms with van der Waals surface area (Å²) < 4.78 is 19.0. The predicted molar refractivity (Wildman–Crippen MR) is 130 cm³/mol. The summed E-state index contributed by atoms with van der Waals surface area (Å²) >= 11 is 0. The van der Waals surface area contributed by atoms with Gasteiger partial charge in [0.15, 0.2) is 0 Å². The first-order chi connectivity index (χ1) is 16.6. The lowest BCUT2D eigenvalue weighted by molar-refractivity contribution is 0.0999. The highest BCUT2D eigenvalue weighted by atomic mass is 19.1. The number of halogens is 1. The third-order valence-electron chi connectivity index (χ3n) is 5.40. The topological polar surface area (TPSA) is 71.3 Å². The van der Waals surface area contributed by atoms with E-state index < -0.39 is 11.7 Å². The van der Waals surface area contributed by atoms with E-state index in [1.807, 2.05) is 42.5 Å². The quantitative estimate of drug-likeness (QED) is 0.311. The second-order valence-corrected chi connectivity index (χ2v) is 7.66. The molecule has 2 amide bonds. The van der Waals surface area contributed by atoms with Crippen LogP contribution in [-0.2, 0) is 0 Å². The van der Waals surface area contributed by atoms with Crippen molar-refractivity contribution in [2.75, 3.05) is 10.6 Å². The van der Waals surface area contributed by atoms with Gasteiger partial charge in [0, 0.05) is 16.6 Å². The zero-order valence-corrected chi connectivity index (χ0v) is 17.9. The fourth-order valence-electron chi connectivity index (χ4n) is 3.68. The van der Waals surface area contributed by atoms with Gasteiger partial charge in [-0.05, 0) is 59.7 Å². The number of para-hydroxylation sites is 1. The van der Waals surface area contributed by atoms with E-state index in [4.69, 9.17) is 4.42 Å². The normalized spacial score (nSPS) is 10.7. The minimum absolute atomic E-state index is 0.0419.